The number of aromatic nitrogens is 2. The molecule has 0 bridgehead atoms. The fourth-order valence-electron chi connectivity index (χ4n) is 2.21. The summed E-state index contributed by atoms with van der Waals surface area (Å²) in [5.41, 5.74) is 0.863. The Kier molecular flexibility index (Phi) is 5.01. The van der Waals surface area contributed by atoms with Crippen LogP contribution in [0.5, 0.6) is 0 Å². The maximum Gasteiger partial charge on any atom is 0.266 e. The topological polar surface area (TPSA) is 98.6 Å². The summed E-state index contributed by atoms with van der Waals surface area (Å²) in [5.74, 6) is -0.657. The number of nitrogens with one attached hydrogen (secondary N) is 2. The number of hydrogen-bond acceptors (Lipinski definition) is 4. The summed E-state index contributed by atoms with van der Waals surface area (Å²) in [6.45, 7) is 4.07. The fraction of sp³-hybridized carbons (Fsp3) is 0.333. The molecular formula is C15H17FN4O2S. The molecular weight excluding hydrogens is 319 g/mol. The van der Waals surface area contributed by atoms with Crippen molar-refractivity contribution >= 4 is 15.8 Å². The minimum atomic E-state index is -4.11. The van der Waals surface area contributed by atoms with E-state index in [-0.39, 0.29) is 17.3 Å². The van der Waals surface area contributed by atoms with Crippen molar-refractivity contribution in [2.75, 3.05) is 4.72 Å². The molecule has 0 saturated carbocycles. The van der Waals surface area contributed by atoms with Crippen molar-refractivity contribution in [1.29, 1.82) is 5.26 Å². The van der Waals surface area contributed by atoms with Gasteiger partial charge in [-0.2, -0.15) is 10.4 Å². The monoisotopic (exact) mass is 336 g/mol. The van der Waals surface area contributed by atoms with Crippen LogP contribution >= 0.6 is 0 Å². The summed E-state index contributed by atoms with van der Waals surface area (Å²) < 4.78 is 40.6. The molecule has 0 saturated heterocycles. The van der Waals surface area contributed by atoms with Crippen LogP contribution in [0.25, 0.3) is 0 Å². The molecule has 8 heteroatoms. The molecule has 1 unspecified atom stereocenters. The summed E-state index contributed by atoms with van der Waals surface area (Å²) in [6, 6.07) is 6.54. The number of nitrogens with zero attached hydrogens (tertiary/aromatic N) is 2. The normalized spacial score (nSPS) is 12.6. The van der Waals surface area contributed by atoms with Crippen LogP contribution in [0.3, 0.4) is 0 Å². The number of nitriles is 1. The quantitative estimate of drug-likeness (QED) is 0.846. The highest BCUT2D eigenvalue weighted by atomic mass is 32.2. The molecule has 0 fully saturated rings. The molecule has 2 aromatic rings. The number of benzene rings is 1. The maximum absolute atomic E-state index is 13.9. The van der Waals surface area contributed by atoms with Gasteiger partial charge in [0.25, 0.3) is 10.0 Å². The molecule has 0 spiro atoms. The van der Waals surface area contributed by atoms with E-state index in [2.05, 4.69) is 21.8 Å². The van der Waals surface area contributed by atoms with E-state index in [1.165, 1.54) is 6.07 Å². The number of hydrogen-bond donors (Lipinski definition) is 2. The number of aromatic amines is 1. The first-order chi connectivity index (χ1) is 10.9. The second-order valence-electron chi connectivity index (χ2n) is 5.26. The molecule has 1 heterocycles. The highest BCUT2D eigenvalue weighted by molar-refractivity contribution is 7.92. The number of sulfonamides is 1. The SMILES string of the molecule is CCCC(C)c1cc(NS(=O)(=O)c2ccc(C#N)cc2F)n[nH]1. The minimum Gasteiger partial charge on any atom is -0.280 e. The van der Waals surface area contributed by atoms with Gasteiger partial charge < -0.3 is 0 Å². The predicted molar refractivity (Wildman–Crippen MR) is 83.8 cm³/mol. The summed E-state index contributed by atoms with van der Waals surface area (Å²) in [7, 11) is -4.11. The minimum absolute atomic E-state index is 0.0527. The van der Waals surface area contributed by atoms with Crippen LogP contribution in [0.15, 0.2) is 29.2 Å². The standard InChI is InChI=1S/C15H17FN4O2S/c1-3-4-10(2)13-8-15(19-18-13)20-23(21,22)14-6-5-11(9-17)7-12(14)16/h5-8,10H,3-4H2,1-2H3,(H2,18,19,20). The Morgan fingerprint density at radius 1 is 1.43 bits per heavy atom. The Labute approximate surface area is 134 Å². The third kappa shape index (κ3) is 3.87. The highest BCUT2D eigenvalue weighted by Gasteiger charge is 2.21. The van der Waals surface area contributed by atoms with Crippen molar-refractivity contribution in [1.82, 2.24) is 10.2 Å². The summed E-state index contributed by atoms with van der Waals surface area (Å²) in [5, 5.41) is 15.4. The summed E-state index contributed by atoms with van der Waals surface area (Å²) >= 11 is 0. The molecule has 1 aromatic heterocycles. The zero-order valence-electron chi connectivity index (χ0n) is 12.8. The van der Waals surface area contributed by atoms with E-state index in [4.69, 9.17) is 5.26 Å². The first-order valence-corrected chi connectivity index (χ1v) is 8.63. The molecule has 6 nitrogen and oxygen atoms in total. The van der Waals surface area contributed by atoms with Gasteiger partial charge in [-0.15, -0.1) is 0 Å². The van der Waals surface area contributed by atoms with Gasteiger partial charge in [0.05, 0.1) is 11.6 Å². The van der Waals surface area contributed by atoms with Crippen molar-refractivity contribution in [3.05, 3.63) is 41.3 Å². The number of rotatable bonds is 6. The lowest BCUT2D eigenvalue weighted by molar-refractivity contribution is 0.570. The van der Waals surface area contributed by atoms with Crippen LogP contribution in [0.4, 0.5) is 10.2 Å². The number of H-pyrrole nitrogens is 1. The smallest absolute Gasteiger partial charge is 0.266 e. The van der Waals surface area contributed by atoms with Crippen LogP contribution in [-0.2, 0) is 10.0 Å². The van der Waals surface area contributed by atoms with Crippen molar-refractivity contribution in [3.8, 4) is 6.07 Å². The Hall–Kier alpha value is -2.40. The fourth-order valence-corrected chi connectivity index (χ4v) is 3.26. The van der Waals surface area contributed by atoms with Gasteiger partial charge in [0.2, 0.25) is 0 Å². The van der Waals surface area contributed by atoms with Gasteiger partial charge in [0, 0.05) is 11.8 Å². The Morgan fingerprint density at radius 3 is 2.78 bits per heavy atom. The van der Waals surface area contributed by atoms with Crippen LogP contribution in [-0.4, -0.2) is 18.6 Å². The Morgan fingerprint density at radius 2 is 2.17 bits per heavy atom. The van der Waals surface area contributed by atoms with Crippen molar-refractivity contribution < 1.29 is 12.8 Å². The lowest BCUT2D eigenvalue weighted by Crippen LogP contribution is -2.15. The molecule has 0 amide bonds. The average molecular weight is 336 g/mol. The van der Waals surface area contributed by atoms with E-state index in [9.17, 15) is 12.8 Å². The van der Waals surface area contributed by atoms with Crippen molar-refractivity contribution in [3.63, 3.8) is 0 Å². The average Bonchev–Trinajstić information content (AvgIpc) is 2.94. The Bertz CT molecular complexity index is 839. The van der Waals surface area contributed by atoms with E-state index < -0.39 is 20.7 Å². The highest BCUT2D eigenvalue weighted by Crippen LogP contribution is 2.23. The third-order valence-corrected chi connectivity index (χ3v) is 4.83. The zero-order valence-corrected chi connectivity index (χ0v) is 13.6. The van der Waals surface area contributed by atoms with Gasteiger partial charge in [-0.05, 0) is 30.5 Å². The molecule has 23 heavy (non-hydrogen) atoms. The predicted octanol–water partition coefficient (Wildman–Crippen LogP) is 3.12. The number of anilines is 1. The van der Waals surface area contributed by atoms with E-state index in [0.29, 0.717) is 0 Å². The van der Waals surface area contributed by atoms with Crippen LogP contribution < -0.4 is 4.72 Å². The zero-order chi connectivity index (χ0) is 17.0. The van der Waals surface area contributed by atoms with Crippen molar-refractivity contribution in [2.24, 2.45) is 0 Å². The molecule has 0 aliphatic heterocycles. The van der Waals surface area contributed by atoms with Crippen LogP contribution in [0.1, 0.15) is 43.9 Å². The molecule has 2 rings (SSSR count). The molecule has 1 atom stereocenters. The molecule has 0 radical (unpaired) electrons. The summed E-state index contributed by atoms with van der Waals surface area (Å²) in [6.07, 6.45) is 1.94. The lowest BCUT2D eigenvalue weighted by atomic mass is 10.0. The van der Waals surface area contributed by atoms with Crippen molar-refractivity contribution in [2.45, 2.75) is 37.5 Å². The Balaban J connectivity index is 2.24. The number of halogens is 1. The molecule has 0 aliphatic carbocycles. The van der Waals surface area contributed by atoms with Gasteiger partial charge in [0.1, 0.15) is 10.7 Å². The van der Waals surface area contributed by atoms with Gasteiger partial charge >= 0.3 is 0 Å². The van der Waals surface area contributed by atoms with Gasteiger partial charge in [-0.25, -0.2) is 12.8 Å². The van der Waals surface area contributed by atoms with Crippen LogP contribution in [0.2, 0.25) is 0 Å². The van der Waals surface area contributed by atoms with E-state index in [0.717, 1.165) is 30.7 Å². The second kappa shape index (κ2) is 6.79. The molecule has 0 aliphatic rings. The van der Waals surface area contributed by atoms with E-state index in [1.807, 2.05) is 6.92 Å². The lowest BCUT2D eigenvalue weighted by Gasteiger charge is -2.07. The first kappa shape index (κ1) is 17.0. The first-order valence-electron chi connectivity index (χ1n) is 7.15. The summed E-state index contributed by atoms with van der Waals surface area (Å²) in [4.78, 5) is -0.525. The van der Waals surface area contributed by atoms with E-state index in [1.54, 1.807) is 12.1 Å². The van der Waals surface area contributed by atoms with Gasteiger partial charge in [-0.3, -0.25) is 9.82 Å². The molecule has 1 aromatic carbocycles. The van der Waals surface area contributed by atoms with Gasteiger partial charge in [-0.1, -0.05) is 20.3 Å². The van der Waals surface area contributed by atoms with Crippen LogP contribution in [0, 0.1) is 17.1 Å². The largest absolute Gasteiger partial charge is 0.280 e. The molecule has 2 N–H and O–H groups in total. The van der Waals surface area contributed by atoms with Gasteiger partial charge in [0.15, 0.2) is 5.82 Å². The second-order valence-corrected chi connectivity index (χ2v) is 6.91. The molecule has 122 valence electrons. The van der Waals surface area contributed by atoms with E-state index >= 15 is 0 Å². The maximum atomic E-state index is 13.9. The third-order valence-electron chi connectivity index (χ3n) is 3.44.